The fourth-order valence-electron chi connectivity index (χ4n) is 2.51. The van der Waals surface area contributed by atoms with E-state index in [4.69, 9.17) is 5.26 Å². The molecule has 7 heteroatoms. The highest BCUT2D eigenvalue weighted by atomic mass is 32.2. The average molecular weight is 364 g/mol. The average Bonchev–Trinajstić information content (AvgIpc) is 2.67. The van der Waals surface area contributed by atoms with Gasteiger partial charge in [-0.25, -0.2) is 13.4 Å². The first kappa shape index (κ1) is 17.7. The maximum atomic E-state index is 12.9. The molecule has 6 nitrogen and oxygen atoms in total. The fraction of sp³-hybridized carbons (Fsp3) is 0.105. The zero-order valence-electron chi connectivity index (χ0n) is 14.0. The molecule has 0 aliphatic heterocycles. The zero-order chi connectivity index (χ0) is 18.6. The van der Waals surface area contributed by atoms with Crippen LogP contribution in [0, 0.1) is 18.3 Å². The van der Waals surface area contributed by atoms with Gasteiger partial charge >= 0.3 is 0 Å². The molecule has 1 N–H and O–H groups in total. The van der Waals surface area contributed by atoms with Gasteiger partial charge in [-0.05, 0) is 36.8 Å². The number of hydrogen-bond acceptors (Lipinski definition) is 5. The maximum absolute atomic E-state index is 12.9. The number of aromatic nitrogens is 2. The maximum Gasteiger partial charge on any atom is 0.244 e. The number of nitrogens with one attached hydrogen (secondary N) is 1. The monoisotopic (exact) mass is 364 g/mol. The first-order valence-corrected chi connectivity index (χ1v) is 9.34. The van der Waals surface area contributed by atoms with Crippen LogP contribution in [0.4, 0.5) is 0 Å². The van der Waals surface area contributed by atoms with Crippen LogP contribution in [-0.2, 0) is 10.0 Å². The number of benzene rings is 1. The molecule has 2 heterocycles. The molecule has 0 fully saturated rings. The zero-order valence-corrected chi connectivity index (χ0v) is 14.8. The summed E-state index contributed by atoms with van der Waals surface area (Å²) in [4.78, 5) is 7.97. The molecule has 1 unspecified atom stereocenters. The van der Waals surface area contributed by atoms with Crippen LogP contribution in [0.25, 0.3) is 0 Å². The lowest BCUT2D eigenvalue weighted by atomic mass is 10.0. The van der Waals surface area contributed by atoms with E-state index in [-0.39, 0.29) is 10.6 Å². The summed E-state index contributed by atoms with van der Waals surface area (Å²) >= 11 is 0. The summed E-state index contributed by atoms with van der Waals surface area (Å²) in [5.74, 6) is 0. The van der Waals surface area contributed by atoms with Crippen LogP contribution in [0.2, 0.25) is 0 Å². The molecular weight excluding hydrogens is 348 g/mol. The number of hydrogen-bond donors (Lipinski definition) is 1. The standard InChI is InChI=1S/C19H16N4O2S/c1-14-7-9-15(10-8-14)19(16-5-2-3-11-21-16)23-26(24,25)18-6-4-12-22-17(18)13-20/h2-12,19,23H,1H3. The molecule has 0 radical (unpaired) electrons. The first-order chi connectivity index (χ1) is 12.5. The van der Waals surface area contributed by atoms with Crippen molar-refractivity contribution in [3.8, 4) is 6.07 Å². The Bertz CT molecular complexity index is 1040. The van der Waals surface area contributed by atoms with E-state index in [1.54, 1.807) is 24.4 Å². The molecule has 0 saturated carbocycles. The van der Waals surface area contributed by atoms with Crippen molar-refractivity contribution in [2.45, 2.75) is 17.9 Å². The molecular formula is C19H16N4O2S. The van der Waals surface area contributed by atoms with Crippen LogP contribution in [-0.4, -0.2) is 18.4 Å². The van der Waals surface area contributed by atoms with E-state index in [1.165, 1.54) is 18.3 Å². The molecule has 130 valence electrons. The van der Waals surface area contributed by atoms with Gasteiger partial charge in [0.1, 0.15) is 11.0 Å². The first-order valence-electron chi connectivity index (χ1n) is 7.86. The molecule has 0 aliphatic carbocycles. The van der Waals surface area contributed by atoms with Crippen LogP contribution in [0.1, 0.15) is 28.6 Å². The molecule has 3 rings (SSSR count). The van der Waals surface area contributed by atoms with Gasteiger partial charge in [-0.15, -0.1) is 0 Å². The Labute approximate surface area is 152 Å². The van der Waals surface area contributed by atoms with Gasteiger partial charge < -0.3 is 0 Å². The van der Waals surface area contributed by atoms with E-state index in [0.717, 1.165) is 11.1 Å². The second-order valence-electron chi connectivity index (χ2n) is 5.68. The van der Waals surface area contributed by atoms with Crippen molar-refractivity contribution in [3.63, 3.8) is 0 Å². The molecule has 0 bridgehead atoms. The second-order valence-corrected chi connectivity index (χ2v) is 7.36. The summed E-state index contributed by atoms with van der Waals surface area (Å²) in [5.41, 5.74) is 2.22. The van der Waals surface area contributed by atoms with Crippen LogP contribution >= 0.6 is 0 Å². The summed E-state index contributed by atoms with van der Waals surface area (Å²) in [6, 6.07) is 16.8. The summed E-state index contributed by atoms with van der Waals surface area (Å²) in [6.45, 7) is 1.96. The van der Waals surface area contributed by atoms with Gasteiger partial charge in [-0.1, -0.05) is 35.9 Å². The second kappa shape index (κ2) is 7.44. The molecule has 0 amide bonds. The molecule has 2 aromatic heterocycles. The summed E-state index contributed by atoms with van der Waals surface area (Å²) in [5, 5.41) is 9.16. The third-order valence-corrected chi connectivity index (χ3v) is 5.29. The van der Waals surface area contributed by atoms with E-state index >= 15 is 0 Å². The topological polar surface area (TPSA) is 95.7 Å². The SMILES string of the molecule is Cc1ccc(C(NS(=O)(=O)c2cccnc2C#N)c2ccccn2)cc1. The van der Waals surface area contributed by atoms with Gasteiger partial charge in [0.05, 0.1) is 11.7 Å². The molecule has 0 saturated heterocycles. The van der Waals surface area contributed by atoms with Gasteiger partial charge in [0.2, 0.25) is 10.0 Å². The number of sulfonamides is 1. The van der Waals surface area contributed by atoms with E-state index in [1.807, 2.05) is 37.3 Å². The molecule has 26 heavy (non-hydrogen) atoms. The quantitative estimate of drug-likeness (QED) is 0.751. The Kier molecular flexibility index (Phi) is 5.07. The molecule has 0 aliphatic rings. The van der Waals surface area contributed by atoms with Gasteiger partial charge in [-0.3, -0.25) is 4.98 Å². The number of rotatable bonds is 5. The van der Waals surface area contributed by atoms with Gasteiger partial charge in [0.25, 0.3) is 0 Å². The Morgan fingerprint density at radius 1 is 1.00 bits per heavy atom. The summed E-state index contributed by atoms with van der Waals surface area (Å²) in [6.07, 6.45) is 2.99. The minimum atomic E-state index is -3.98. The smallest absolute Gasteiger partial charge is 0.244 e. The van der Waals surface area contributed by atoms with Crippen molar-refractivity contribution in [2.75, 3.05) is 0 Å². The molecule has 1 aromatic carbocycles. The van der Waals surface area contributed by atoms with E-state index in [0.29, 0.717) is 5.69 Å². The van der Waals surface area contributed by atoms with Crippen molar-refractivity contribution in [2.24, 2.45) is 0 Å². The van der Waals surface area contributed by atoms with Crippen LogP contribution in [0.3, 0.4) is 0 Å². The third-order valence-electron chi connectivity index (χ3n) is 3.83. The van der Waals surface area contributed by atoms with Crippen molar-refractivity contribution >= 4 is 10.0 Å². The lowest BCUT2D eigenvalue weighted by molar-refractivity contribution is 0.569. The van der Waals surface area contributed by atoms with Crippen molar-refractivity contribution < 1.29 is 8.42 Å². The highest BCUT2D eigenvalue weighted by Crippen LogP contribution is 2.24. The summed E-state index contributed by atoms with van der Waals surface area (Å²) in [7, 11) is -3.98. The van der Waals surface area contributed by atoms with Crippen molar-refractivity contribution in [1.29, 1.82) is 5.26 Å². The molecule has 0 spiro atoms. The van der Waals surface area contributed by atoms with Gasteiger partial charge in [0, 0.05) is 12.4 Å². The molecule has 1 atom stereocenters. The van der Waals surface area contributed by atoms with Crippen LogP contribution in [0.5, 0.6) is 0 Å². The Morgan fingerprint density at radius 2 is 1.73 bits per heavy atom. The normalized spacial score (nSPS) is 12.3. The summed E-state index contributed by atoms with van der Waals surface area (Å²) < 4.78 is 28.5. The largest absolute Gasteiger partial charge is 0.259 e. The Balaban J connectivity index is 2.06. The number of pyridine rings is 2. The minimum absolute atomic E-state index is 0.149. The molecule has 3 aromatic rings. The van der Waals surface area contributed by atoms with Gasteiger partial charge in [0.15, 0.2) is 5.69 Å². The highest BCUT2D eigenvalue weighted by molar-refractivity contribution is 7.89. The van der Waals surface area contributed by atoms with Crippen LogP contribution < -0.4 is 4.72 Å². The van der Waals surface area contributed by atoms with Crippen LogP contribution in [0.15, 0.2) is 71.9 Å². The predicted molar refractivity (Wildman–Crippen MR) is 96.5 cm³/mol. The van der Waals surface area contributed by atoms with Gasteiger partial charge in [-0.2, -0.15) is 9.98 Å². The predicted octanol–water partition coefficient (Wildman–Crippen LogP) is 2.72. The number of nitriles is 1. The number of aryl methyl sites for hydroxylation is 1. The fourth-order valence-corrected chi connectivity index (χ4v) is 3.82. The number of nitrogens with zero attached hydrogens (tertiary/aromatic N) is 3. The van der Waals surface area contributed by atoms with Crippen molar-refractivity contribution in [3.05, 3.63) is 89.5 Å². The Morgan fingerprint density at radius 3 is 2.38 bits per heavy atom. The lowest BCUT2D eigenvalue weighted by Crippen LogP contribution is -2.30. The third kappa shape index (κ3) is 3.77. The van der Waals surface area contributed by atoms with E-state index in [2.05, 4.69) is 14.7 Å². The van der Waals surface area contributed by atoms with Crippen molar-refractivity contribution in [1.82, 2.24) is 14.7 Å². The van der Waals surface area contributed by atoms with E-state index < -0.39 is 16.1 Å². The highest BCUT2D eigenvalue weighted by Gasteiger charge is 2.26. The Hall–Kier alpha value is -3.08. The minimum Gasteiger partial charge on any atom is -0.259 e. The van der Waals surface area contributed by atoms with E-state index in [9.17, 15) is 8.42 Å². The lowest BCUT2D eigenvalue weighted by Gasteiger charge is -2.19.